The summed E-state index contributed by atoms with van der Waals surface area (Å²) in [5.74, 6) is 0. The van der Waals surface area contributed by atoms with Crippen LogP contribution in [-0.2, 0) is 6.54 Å². The fourth-order valence-corrected chi connectivity index (χ4v) is 2.73. The number of nitrogens with zero attached hydrogens (tertiary/aromatic N) is 1. The lowest BCUT2D eigenvalue weighted by Crippen LogP contribution is -2.17. The van der Waals surface area contributed by atoms with Crippen molar-refractivity contribution in [2.45, 2.75) is 6.54 Å². The Morgan fingerprint density at radius 3 is 2.12 bits per heavy atom. The molecule has 0 saturated carbocycles. The monoisotopic (exact) mass is 353 g/mol. The largest absolute Gasteiger partial charge is 0.369 e. The van der Waals surface area contributed by atoms with Crippen molar-refractivity contribution >= 4 is 37.5 Å². The summed E-state index contributed by atoms with van der Waals surface area (Å²) in [4.78, 5) is 2.23. The molecule has 0 atom stereocenters. The first-order valence-electron chi connectivity index (χ1n) is 5.37. The van der Waals surface area contributed by atoms with Gasteiger partial charge in [0.05, 0.1) is 5.69 Å². The normalized spacial score (nSPS) is 10.3. The molecule has 0 bridgehead atoms. The molecule has 0 fully saturated rings. The molecule has 3 heteroatoms. The Hall–Kier alpha value is -0.800. The Balaban J connectivity index is 2.20. The standard InChI is InChI=1S/C14H13Br2N/c1-17(14-9-5-4-8-13(14)16)10-11-6-2-3-7-12(11)15/h2-9H,10H2,1H3. The van der Waals surface area contributed by atoms with Gasteiger partial charge in [0.1, 0.15) is 0 Å². The van der Waals surface area contributed by atoms with Gasteiger partial charge in [0, 0.05) is 22.5 Å². The fraction of sp³-hybridized carbons (Fsp3) is 0.143. The average molecular weight is 355 g/mol. The van der Waals surface area contributed by atoms with Gasteiger partial charge in [-0.15, -0.1) is 0 Å². The minimum Gasteiger partial charge on any atom is -0.369 e. The molecule has 0 N–H and O–H groups in total. The zero-order valence-electron chi connectivity index (χ0n) is 9.53. The van der Waals surface area contributed by atoms with Crippen molar-refractivity contribution in [2.24, 2.45) is 0 Å². The molecular formula is C14H13Br2N. The molecule has 0 saturated heterocycles. The van der Waals surface area contributed by atoms with Gasteiger partial charge >= 0.3 is 0 Å². The third-order valence-corrected chi connectivity index (χ3v) is 4.07. The van der Waals surface area contributed by atoms with E-state index in [1.807, 2.05) is 12.1 Å². The van der Waals surface area contributed by atoms with Gasteiger partial charge in [0.2, 0.25) is 0 Å². The van der Waals surface area contributed by atoms with Crippen molar-refractivity contribution in [3.8, 4) is 0 Å². The van der Waals surface area contributed by atoms with Crippen molar-refractivity contribution in [1.29, 1.82) is 0 Å². The molecule has 0 unspecified atom stereocenters. The number of benzene rings is 2. The summed E-state index contributed by atoms with van der Waals surface area (Å²) in [6, 6.07) is 16.6. The molecule has 0 aromatic heterocycles. The average Bonchev–Trinajstić information content (AvgIpc) is 2.32. The van der Waals surface area contributed by atoms with Gasteiger partial charge in [-0.25, -0.2) is 0 Å². The van der Waals surface area contributed by atoms with E-state index in [4.69, 9.17) is 0 Å². The van der Waals surface area contributed by atoms with Crippen LogP contribution in [0.2, 0.25) is 0 Å². The molecule has 0 radical (unpaired) electrons. The second-order valence-electron chi connectivity index (χ2n) is 3.90. The number of anilines is 1. The smallest absolute Gasteiger partial charge is 0.0511 e. The maximum absolute atomic E-state index is 3.58. The van der Waals surface area contributed by atoms with E-state index in [9.17, 15) is 0 Å². The molecule has 0 heterocycles. The highest BCUT2D eigenvalue weighted by molar-refractivity contribution is 9.10. The van der Waals surface area contributed by atoms with Gasteiger partial charge < -0.3 is 4.90 Å². The highest BCUT2D eigenvalue weighted by Gasteiger charge is 2.07. The quantitative estimate of drug-likeness (QED) is 0.761. The highest BCUT2D eigenvalue weighted by Crippen LogP contribution is 2.27. The van der Waals surface area contributed by atoms with E-state index in [0.717, 1.165) is 15.5 Å². The van der Waals surface area contributed by atoms with Crippen LogP contribution in [0.15, 0.2) is 57.5 Å². The number of hydrogen-bond acceptors (Lipinski definition) is 1. The van der Waals surface area contributed by atoms with Gasteiger partial charge in [0.25, 0.3) is 0 Å². The van der Waals surface area contributed by atoms with E-state index in [2.05, 4.69) is 80.2 Å². The molecule has 2 rings (SSSR count). The molecule has 0 amide bonds. The summed E-state index contributed by atoms with van der Waals surface area (Å²) in [5.41, 5.74) is 2.48. The van der Waals surface area contributed by atoms with Crippen LogP contribution in [-0.4, -0.2) is 7.05 Å². The molecule has 2 aromatic rings. The Kier molecular flexibility index (Phi) is 4.24. The van der Waals surface area contributed by atoms with Gasteiger partial charge in [0.15, 0.2) is 0 Å². The summed E-state index contributed by atoms with van der Waals surface area (Å²) in [6.45, 7) is 0.879. The minimum absolute atomic E-state index is 0.879. The van der Waals surface area contributed by atoms with E-state index < -0.39 is 0 Å². The molecule has 0 spiro atoms. The lowest BCUT2D eigenvalue weighted by molar-refractivity contribution is 0.915. The lowest BCUT2D eigenvalue weighted by Gasteiger charge is -2.21. The highest BCUT2D eigenvalue weighted by atomic mass is 79.9. The molecular weight excluding hydrogens is 342 g/mol. The van der Waals surface area contributed by atoms with E-state index in [0.29, 0.717) is 0 Å². The van der Waals surface area contributed by atoms with Crippen molar-refractivity contribution in [3.05, 3.63) is 63.0 Å². The molecule has 17 heavy (non-hydrogen) atoms. The van der Waals surface area contributed by atoms with Crippen LogP contribution in [0.25, 0.3) is 0 Å². The van der Waals surface area contributed by atoms with Crippen molar-refractivity contribution in [2.75, 3.05) is 11.9 Å². The SMILES string of the molecule is CN(Cc1ccccc1Br)c1ccccc1Br. The molecule has 2 aromatic carbocycles. The van der Waals surface area contributed by atoms with Crippen LogP contribution < -0.4 is 4.90 Å². The first-order valence-corrected chi connectivity index (χ1v) is 6.96. The zero-order chi connectivity index (χ0) is 12.3. The zero-order valence-corrected chi connectivity index (χ0v) is 12.7. The van der Waals surface area contributed by atoms with Gasteiger partial charge in [-0.2, -0.15) is 0 Å². The van der Waals surface area contributed by atoms with Crippen LogP contribution in [0.5, 0.6) is 0 Å². The van der Waals surface area contributed by atoms with E-state index in [1.54, 1.807) is 0 Å². The summed E-state index contributed by atoms with van der Waals surface area (Å²) >= 11 is 7.15. The Morgan fingerprint density at radius 1 is 0.882 bits per heavy atom. The van der Waals surface area contributed by atoms with Crippen molar-refractivity contribution < 1.29 is 0 Å². The first-order chi connectivity index (χ1) is 8.18. The molecule has 1 nitrogen and oxygen atoms in total. The predicted molar refractivity (Wildman–Crippen MR) is 80.4 cm³/mol. The first kappa shape index (κ1) is 12.7. The van der Waals surface area contributed by atoms with Crippen LogP contribution >= 0.6 is 31.9 Å². The number of para-hydroxylation sites is 1. The third kappa shape index (κ3) is 3.11. The number of hydrogen-bond donors (Lipinski definition) is 0. The molecule has 0 aliphatic heterocycles. The van der Waals surface area contributed by atoms with Crippen LogP contribution in [0, 0.1) is 0 Å². The number of halogens is 2. The maximum Gasteiger partial charge on any atom is 0.0511 e. The Bertz CT molecular complexity index is 511. The minimum atomic E-state index is 0.879. The summed E-state index contributed by atoms with van der Waals surface area (Å²) < 4.78 is 2.27. The second-order valence-corrected chi connectivity index (χ2v) is 5.61. The van der Waals surface area contributed by atoms with Crippen molar-refractivity contribution in [3.63, 3.8) is 0 Å². The maximum atomic E-state index is 3.58. The summed E-state index contributed by atoms with van der Waals surface area (Å²) in [5, 5.41) is 0. The van der Waals surface area contributed by atoms with E-state index in [-0.39, 0.29) is 0 Å². The van der Waals surface area contributed by atoms with Gasteiger partial charge in [-0.3, -0.25) is 0 Å². The lowest BCUT2D eigenvalue weighted by atomic mass is 10.2. The van der Waals surface area contributed by atoms with Gasteiger partial charge in [-0.05, 0) is 39.7 Å². The predicted octanol–water partition coefficient (Wildman–Crippen LogP) is 4.85. The second kappa shape index (κ2) is 5.69. The van der Waals surface area contributed by atoms with Crippen LogP contribution in [0.1, 0.15) is 5.56 Å². The van der Waals surface area contributed by atoms with Crippen LogP contribution in [0.4, 0.5) is 5.69 Å². The van der Waals surface area contributed by atoms with Gasteiger partial charge in [-0.1, -0.05) is 46.3 Å². The van der Waals surface area contributed by atoms with E-state index >= 15 is 0 Å². The van der Waals surface area contributed by atoms with E-state index in [1.165, 1.54) is 11.3 Å². The Morgan fingerprint density at radius 2 is 1.47 bits per heavy atom. The summed E-state index contributed by atoms with van der Waals surface area (Å²) in [7, 11) is 2.10. The molecule has 0 aliphatic rings. The van der Waals surface area contributed by atoms with Crippen LogP contribution in [0.3, 0.4) is 0 Å². The number of rotatable bonds is 3. The summed E-state index contributed by atoms with van der Waals surface area (Å²) in [6.07, 6.45) is 0. The third-order valence-electron chi connectivity index (χ3n) is 2.63. The fourth-order valence-electron chi connectivity index (χ4n) is 1.73. The van der Waals surface area contributed by atoms with Crippen molar-refractivity contribution in [1.82, 2.24) is 0 Å². The molecule has 88 valence electrons. The topological polar surface area (TPSA) is 3.24 Å². The molecule has 0 aliphatic carbocycles. The Labute approximate surface area is 119 Å².